The minimum atomic E-state index is 0.620. The van der Waals surface area contributed by atoms with E-state index in [-0.39, 0.29) is 0 Å². The number of fused-ring (bicyclic) bond motifs is 1. The van der Waals surface area contributed by atoms with Crippen LogP contribution in [0.15, 0.2) is 48.5 Å². The summed E-state index contributed by atoms with van der Waals surface area (Å²) in [6, 6.07) is 17.5. The molecule has 4 heteroatoms. The van der Waals surface area contributed by atoms with Crippen LogP contribution in [0.4, 0.5) is 11.5 Å². The Morgan fingerprint density at radius 2 is 1.57 bits per heavy atom. The number of para-hydroxylation sites is 3. The normalized spacial score (nSPS) is 10.3. The first-order valence-corrected chi connectivity index (χ1v) is 6.67. The molecule has 0 unspecified atom stereocenters. The highest BCUT2D eigenvalue weighted by atomic mass is 15.2. The topological polar surface area (TPSA) is 52.8 Å². The maximum absolute atomic E-state index is 9.24. The van der Waals surface area contributed by atoms with Gasteiger partial charge in [0.25, 0.3) is 0 Å². The minimum absolute atomic E-state index is 0.620. The van der Waals surface area contributed by atoms with Crippen LogP contribution in [0.25, 0.3) is 11.0 Å². The van der Waals surface area contributed by atoms with Crippen molar-refractivity contribution in [2.45, 2.75) is 6.92 Å². The molecule has 0 fully saturated rings. The SMILES string of the molecule is Cc1nc2ccccc2nc1N(C)c1ccccc1C#N. The maximum atomic E-state index is 9.24. The highest BCUT2D eigenvalue weighted by molar-refractivity contribution is 5.78. The van der Waals surface area contributed by atoms with E-state index in [1.165, 1.54) is 0 Å². The molecule has 0 aliphatic heterocycles. The predicted octanol–water partition coefficient (Wildman–Crippen LogP) is 3.58. The van der Waals surface area contributed by atoms with Crippen LogP contribution in [0, 0.1) is 18.3 Å². The van der Waals surface area contributed by atoms with Gasteiger partial charge in [-0.05, 0) is 31.2 Å². The minimum Gasteiger partial charge on any atom is -0.327 e. The molecule has 21 heavy (non-hydrogen) atoms. The lowest BCUT2D eigenvalue weighted by Crippen LogP contribution is -2.15. The van der Waals surface area contributed by atoms with Gasteiger partial charge in [-0.2, -0.15) is 5.26 Å². The van der Waals surface area contributed by atoms with E-state index in [0.717, 1.165) is 28.2 Å². The number of aromatic nitrogens is 2. The van der Waals surface area contributed by atoms with E-state index in [4.69, 9.17) is 0 Å². The van der Waals surface area contributed by atoms with Gasteiger partial charge in [0, 0.05) is 7.05 Å². The van der Waals surface area contributed by atoms with Crippen molar-refractivity contribution < 1.29 is 0 Å². The summed E-state index contributed by atoms with van der Waals surface area (Å²) in [5, 5.41) is 9.24. The van der Waals surface area contributed by atoms with E-state index in [2.05, 4.69) is 16.0 Å². The fourth-order valence-corrected chi connectivity index (χ4v) is 2.37. The van der Waals surface area contributed by atoms with Gasteiger partial charge in [0.05, 0.1) is 28.0 Å². The quantitative estimate of drug-likeness (QED) is 0.716. The van der Waals surface area contributed by atoms with Gasteiger partial charge in [-0.25, -0.2) is 9.97 Å². The molecule has 0 bridgehead atoms. The van der Waals surface area contributed by atoms with Crippen molar-refractivity contribution in [2.75, 3.05) is 11.9 Å². The lowest BCUT2D eigenvalue weighted by Gasteiger charge is -2.21. The van der Waals surface area contributed by atoms with Crippen molar-refractivity contribution in [1.82, 2.24) is 9.97 Å². The zero-order chi connectivity index (χ0) is 14.8. The number of aryl methyl sites for hydroxylation is 1. The van der Waals surface area contributed by atoms with Crippen LogP contribution in [0.5, 0.6) is 0 Å². The Labute approximate surface area is 123 Å². The Morgan fingerprint density at radius 1 is 0.952 bits per heavy atom. The molecule has 0 spiro atoms. The Kier molecular flexibility index (Phi) is 3.25. The zero-order valence-electron chi connectivity index (χ0n) is 11.9. The van der Waals surface area contributed by atoms with Crippen LogP contribution in [0.2, 0.25) is 0 Å². The van der Waals surface area contributed by atoms with Crippen molar-refractivity contribution >= 4 is 22.5 Å². The summed E-state index contributed by atoms with van der Waals surface area (Å²) in [5.41, 5.74) is 4.01. The molecule has 0 aliphatic carbocycles. The molecule has 3 aromatic rings. The highest BCUT2D eigenvalue weighted by Crippen LogP contribution is 2.28. The van der Waals surface area contributed by atoms with E-state index in [0.29, 0.717) is 5.56 Å². The fourth-order valence-electron chi connectivity index (χ4n) is 2.37. The largest absolute Gasteiger partial charge is 0.327 e. The summed E-state index contributed by atoms with van der Waals surface area (Å²) in [7, 11) is 1.90. The summed E-state index contributed by atoms with van der Waals surface area (Å²) in [6.07, 6.45) is 0. The third-order valence-electron chi connectivity index (χ3n) is 3.42. The van der Waals surface area contributed by atoms with Crippen LogP contribution in [-0.4, -0.2) is 17.0 Å². The second-order valence-electron chi connectivity index (χ2n) is 4.81. The third-order valence-corrected chi connectivity index (χ3v) is 3.42. The number of hydrogen-bond donors (Lipinski definition) is 0. The molecule has 0 amide bonds. The smallest absolute Gasteiger partial charge is 0.155 e. The molecular formula is C17H14N4. The molecular weight excluding hydrogens is 260 g/mol. The summed E-state index contributed by atoms with van der Waals surface area (Å²) < 4.78 is 0. The zero-order valence-corrected chi connectivity index (χ0v) is 11.9. The number of benzene rings is 2. The van der Waals surface area contributed by atoms with Gasteiger partial charge < -0.3 is 4.90 Å². The molecule has 0 saturated carbocycles. The molecule has 0 aliphatic rings. The molecule has 3 rings (SSSR count). The van der Waals surface area contributed by atoms with Crippen molar-refractivity contribution in [2.24, 2.45) is 0 Å². The number of hydrogen-bond acceptors (Lipinski definition) is 4. The van der Waals surface area contributed by atoms with Crippen molar-refractivity contribution in [3.05, 3.63) is 59.8 Å². The number of nitrogens with zero attached hydrogens (tertiary/aromatic N) is 4. The van der Waals surface area contributed by atoms with Crippen LogP contribution < -0.4 is 4.90 Å². The van der Waals surface area contributed by atoms with Gasteiger partial charge in [0.1, 0.15) is 6.07 Å². The molecule has 1 aromatic heterocycles. The number of nitriles is 1. The third kappa shape index (κ3) is 2.30. The Bertz CT molecular complexity index is 849. The highest BCUT2D eigenvalue weighted by Gasteiger charge is 2.14. The predicted molar refractivity (Wildman–Crippen MR) is 83.5 cm³/mol. The molecule has 0 saturated heterocycles. The summed E-state index contributed by atoms with van der Waals surface area (Å²) in [4.78, 5) is 11.2. The van der Waals surface area contributed by atoms with Gasteiger partial charge in [0.2, 0.25) is 0 Å². The van der Waals surface area contributed by atoms with E-state index in [1.807, 2.05) is 61.3 Å². The average molecular weight is 274 g/mol. The van der Waals surface area contributed by atoms with Crippen molar-refractivity contribution in [1.29, 1.82) is 5.26 Å². The van der Waals surface area contributed by atoms with E-state index in [9.17, 15) is 5.26 Å². The second kappa shape index (κ2) is 5.22. The lowest BCUT2D eigenvalue weighted by atomic mass is 10.1. The van der Waals surface area contributed by atoms with Crippen LogP contribution in [0.3, 0.4) is 0 Å². The van der Waals surface area contributed by atoms with Crippen LogP contribution in [0.1, 0.15) is 11.3 Å². The summed E-state index contributed by atoms with van der Waals surface area (Å²) >= 11 is 0. The average Bonchev–Trinajstić information content (AvgIpc) is 2.53. The van der Waals surface area contributed by atoms with Gasteiger partial charge in [-0.3, -0.25) is 0 Å². The molecule has 1 heterocycles. The number of anilines is 2. The standard InChI is InChI=1S/C17H14N4/c1-12-17(20-15-9-5-4-8-14(15)19-12)21(2)16-10-6-3-7-13(16)11-18/h3-10H,1-2H3. The monoisotopic (exact) mass is 274 g/mol. The second-order valence-corrected chi connectivity index (χ2v) is 4.81. The molecule has 0 atom stereocenters. The van der Waals surface area contributed by atoms with Gasteiger partial charge in [-0.1, -0.05) is 24.3 Å². The Morgan fingerprint density at radius 3 is 2.29 bits per heavy atom. The van der Waals surface area contributed by atoms with Crippen molar-refractivity contribution in [3.8, 4) is 6.07 Å². The molecule has 0 N–H and O–H groups in total. The van der Waals surface area contributed by atoms with Gasteiger partial charge >= 0.3 is 0 Å². The first kappa shape index (κ1) is 13.1. The molecule has 2 aromatic carbocycles. The van der Waals surface area contributed by atoms with Crippen LogP contribution in [-0.2, 0) is 0 Å². The van der Waals surface area contributed by atoms with E-state index < -0.39 is 0 Å². The first-order valence-electron chi connectivity index (χ1n) is 6.67. The Balaban J connectivity index is 2.15. The van der Waals surface area contributed by atoms with Crippen LogP contribution >= 0.6 is 0 Å². The van der Waals surface area contributed by atoms with Gasteiger partial charge in [-0.15, -0.1) is 0 Å². The summed E-state index contributed by atoms with van der Waals surface area (Å²) in [6.45, 7) is 1.93. The van der Waals surface area contributed by atoms with Crippen molar-refractivity contribution in [3.63, 3.8) is 0 Å². The van der Waals surface area contributed by atoms with Gasteiger partial charge in [0.15, 0.2) is 5.82 Å². The van der Waals surface area contributed by atoms with E-state index in [1.54, 1.807) is 6.07 Å². The van der Waals surface area contributed by atoms with E-state index >= 15 is 0 Å². The summed E-state index contributed by atoms with van der Waals surface area (Å²) in [5.74, 6) is 0.761. The molecule has 0 radical (unpaired) electrons. The molecule has 4 nitrogen and oxygen atoms in total. The Hall–Kier alpha value is -2.93. The lowest BCUT2D eigenvalue weighted by molar-refractivity contribution is 1.07. The maximum Gasteiger partial charge on any atom is 0.155 e. The molecule has 102 valence electrons. The first-order chi connectivity index (χ1) is 10.2. The number of rotatable bonds is 2. The fraction of sp³-hybridized carbons (Fsp3) is 0.118.